The number of aromatic nitrogens is 1. The first kappa shape index (κ1) is 11.9. The van der Waals surface area contributed by atoms with E-state index in [-0.39, 0.29) is 12.5 Å². The number of fused-ring (bicyclic) bond motifs is 1. The molecule has 0 radical (unpaired) electrons. The van der Waals surface area contributed by atoms with Gasteiger partial charge in [-0.25, -0.2) is 4.98 Å². The summed E-state index contributed by atoms with van der Waals surface area (Å²) < 4.78 is 5.95. The molecule has 2 rings (SSSR count). The first-order valence-electron chi connectivity index (χ1n) is 5.45. The van der Waals surface area contributed by atoms with Crippen LogP contribution in [-0.4, -0.2) is 24.1 Å². The molecule has 2 aromatic rings. The average Bonchev–Trinajstić information content (AvgIpc) is 2.68. The Balaban J connectivity index is 2.07. The fraction of sp³-hybridized carbons (Fsp3) is 0.333. The number of benzene rings is 1. The van der Waals surface area contributed by atoms with E-state index in [0.29, 0.717) is 6.61 Å². The van der Waals surface area contributed by atoms with Gasteiger partial charge in [-0.15, -0.1) is 0 Å². The number of hydrogen-bond donors (Lipinski definition) is 1. The third kappa shape index (κ3) is 2.94. The van der Waals surface area contributed by atoms with Gasteiger partial charge in [-0.2, -0.15) is 0 Å². The predicted octanol–water partition coefficient (Wildman–Crippen LogP) is 2.58. The van der Waals surface area contributed by atoms with Crippen LogP contribution in [0.3, 0.4) is 0 Å². The minimum atomic E-state index is -0.261. The highest BCUT2D eigenvalue weighted by Gasteiger charge is 2.06. The predicted molar refractivity (Wildman–Crippen MR) is 69.5 cm³/mol. The van der Waals surface area contributed by atoms with E-state index in [0.717, 1.165) is 15.3 Å². The van der Waals surface area contributed by atoms with Crippen molar-refractivity contribution in [3.63, 3.8) is 0 Å². The summed E-state index contributed by atoms with van der Waals surface area (Å²) in [5.41, 5.74) is 2.16. The molecular formula is C12H14N2O2S. The van der Waals surface area contributed by atoms with Gasteiger partial charge in [0.1, 0.15) is 6.54 Å². The summed E-state index contributed by atoms with van der Waals surface area (Å²) in [6.45, 7) is 4.40. The van der Waals surface area contributed by atoms with Crippen LogP contribution in [0.4, 0.5) is 5.13 Å². The third-order valence-electron chi connectivity index (χ3n) is 2.23. The zero-order chi connectivity index (χ0) is 12.3. The van der Waals surface area contributed by atoms with E-state index < -0.39 is 0 Å². The Morgan fingerprint density at radius 2 is 2.35 bits per heavy atom. The molecular weight excluding hydrogens is 236 g/mol. The number of carbonyl (C=O) groups is 1. The van der Waals surface area contributed by atoms with E-state index in [1.54, 1.807) is 18.3 Å². The lowest BCUT2D eigenvalue weighted by Gasteiger charge is -2.01. The summed E-state index contributed by atoms with van der Waals surface area (Å²) in [7, 11) is 0. The van der Waals surface area contributed by atoms with Crippen molar-refractivity contribution in [2.24, 2.45) is 0 Å². The van der Waals surface area contributed by atoms with Crippen LogP contribution in [0.15, 0.2) is 18.2 Å². The Bertz CT molecular complexity index is 536. The van der Waals surface area contributed by atoms with Crippen LogP contribution < -0.4 is 5.32 Å². The molecule has 1 aromatic carbocycles. The van der Waals surface area contributed by atoms with Crippen LogP contribution in [0.25, 0.3) is 10.2 Å². The molecule has 0 saturated carbocycles. The van der Waals surface area contributed by atoms with E-state index in [2.05, 4.69) is 16.4 Å². The molecule has 1 heterocycles. The quantitative estimate of drug-likeness (QED) is 0.847. The molecule has 0 saturated heterocycles. The maximum absolute atomic E-state index is 11.2. The number of ether oxygens (including phenoxy) is 1. The standard InChI is InChI=1S/C12H14N2O2S/c1-3-16-11(15)7-13-12-14-9-5-4-8(2)6-10(9)17-12/h4-6H,3,7H2,1-2H3,(H,13,14). The number of rotatable bonds is 4. The van der Waals surface area contributed by atoms with Gasteiger partial charge in [0.15, 0.2) is 5.13 Å². The van der Waals surface area contributed by atoms with Gasteiger partial charge in [-0.3, -0.25) is 4.79 Å². The van der Waals surface area contributed by atoms with E-state index in [9.17, 15) is 4.79 Å². The Labute approximate surface area is 104 Å². The lowest BCUT2D eigenvalue weighted by molar-refractivity contribution is -0.140. The maximum atomic E-state index is 11.2. The smallest absolute Gasteiger partial charge is 0.325 e. The lowest BCUT2D eigenvalue weighted by Crippen LogP contribution is -2.16. The van der Waals surface area contributed by atoms with Crippen molar-refractivity contribution in [3.05, 3.63) is 23.8 Å². The molecule has 1 N–H and O–H groups in total. The second kappa shape index (κ2) is 5.14. The van der Waals surface area contributed by atoms with Crippen molar-refractivity contribution < 1.29 is 9.53 Å². The second-order valence-electron chi connectivity index (χ2n) is 3.65. The first-order valence-corrected chi connectivity index (χ1v) is 6.27. The molecule has 0 amide bonds. The molecule has 0 fully saturated rings. The topological polar surface area (TPSA) is 51.2 Å². The molecule has 0 unspecified atom stereocenters. The van der Waals surface area contributed by atoms with Gasteiger partial charge in [-0.05, 0) is 31.5 Å². The number of hydrogen-bond acceptors (Lipinski definition) is 5. The SMILES string of the molecule is CCOC(=O)CNc1nc2ccc(C)cc2s1. The van der Waals surface area contributed by atoms with Crippen molar-refractivity contribution in [1.29, 1.82) is 0 Å². The highest BCUT2D eigenvalue weighted by atomic mass is 32.1. The van der Waals surface area contributed by atoms with E-state index in [4.69, 9.17) is 4.74 Å². The summed E-state index contributed by atoms with van der Waals surface area (Å²) in [6.07, 6.45) is 0. The molecule has 1 aromatic heterocycles. The number of anilines is 1. The monoisotopic (exact) mass is 250 g/mol. The van der Waals surface area contributed by atoms with Gasteiger partial charge in [0.25, 0.3) is 0 Å². The molecule has 17 heavy (non-hydrogen) atoms. The number of aryl methyl sites for hydroxylation is 1. The Morgan fingerprint density at radius 3 is 3.12 bits per heavy atom. The highest BCUT2D eigenvalue weighted by Crippen LogP contribution is 2.26. The van der Waals surface area contributed by atoms with Crippen molar-refractivity contribution in [1.82, 2.24) is 4.98 Å². The largest absolute Gasteiger partial charge is 0.465 e. The maximum Gasteiger partial charge on any atom is 0.325 e. The summed E-state index contributed by atoms with van der Waals surface area (Å²) in [6, 6.07) is 6.09. The van der Waals surface area contributed by atoms with Crippen molar-refractivity contribution in [2.45, 2.75) is 13.8 Å². The Morgan fingerprint density at radius 1 is 1.53 bits per heavy atom. The molecule has 0 aliphatic heterocycles. The van der Waals surface area contributed by atoms with Crippen LogP contribution >= 0.6 is 11.3 Å². The lowest BCUT2D eigenvalue weighted by atomic mass is 10.2. The number of carbonyl (C=O) groups excluding carboxylic acids is 1. The molecule has 0 aliphatic rings. The van der Waals surface area contributed by atoms with Crippen molar-refractivity contribution >= 4 is 32.7 Å². The highest BCUT2D eigenvalue weighted by molar-refractivity contribution is 7.22. The van der Waals surface area contributed by atoms with Gasteiger partial charge in [-0.1, -0.05) is 17.4 Å². The number of esters is 1. The number of nitrogens with one attached hydrogen (secondary N) is 1. The normalized spacial score (nSPS) is 10.5. The first-order chi connectivity index (χ1) is 8.19. The Kier molecular flexibility index (Phi) is 3.58. The summed E-state index contributed by atoms with van der Waals surface area (Å²) >= 11 is 1.54. The van der Waals surface area contributed by atoms with Gasteiger partial charge < -0.3 is 10.1 Å². The van der Waals surface area contributed by atoms with Crippen LogP contribution in [-0.2, 0) is 9.53 Å². The molecule has 5 heteroatoms. The van der Waals surface area contributed by atoms with E-state index >= 15 is 0 Å². The number of thiazole rings is 1. The summed E-state index contributed by atoms with van der Waals surface area (Å²) in [5.74, 6) is -0.261. The van der Waals surface area contributed by atoms with Gasteiger partial charge in [0.2, 0.25) is 0 Å². The van der Waals surface area contributed by atoms with Gasteiger partial charge in [0.05, 0.1) is 16.8 Å². The minimum absolute atomic E-state index is 0.159. The van der Waals surface area contributed by atoms with Gasteiger partial charge in [0, 0.05) is 0 Å². The fourth-order valence-corrected chi connectivity index (χ4v) is 2.43. The van der Waals surface area contributed by atoms with Crippen molar-refractivity contribution in [3.8, 4) is 0 Å². The minimum Gasteiger partial charge on any atom is -0.465 e. The molecule has 0 atom stereocenters. The molecule has 4 nitrogen and oxygen atoms in total. The van der Waals surface area contributed by atoms with Crippen LogP contribution in [0.1, 0.15) is 12.5 Å². The molecule has 90 valence electrons. The molecule has 0 bridgehead atoms. The van der Waals surface area contributed by atoms with Crippen LogP contribution in [0.5, 0.6) is 0 Å². The third-order valence-corrected chi connectivity index (χ3v) is 3.21. The Hall–Kier alpha value is -1.62. The molecule has 0 spiro atoms. The zero-order valence-corrected chi connectivity index (χ0v) is 10.6. The fourth-order valence-electron chi connectivity index (χ4n) is 1.47. The second-order valence-corrected chi connectivity index (χ2v) is 4.68. The van der Waals surface area contributed by atoms with E-state index in [1.807, 2.05) is 19.1 Å². The zero-order valence-electron chi connectivity index (χ0n) is 9.82. The van der Waals surface area contributed by atoms with Crippen LogP contribution in [0.2, 0.25) is 0 Å². The van der Waals surface area contributed by atoms with Crippen molar-refractivity contribution in [2.75, 3.05) is 18.5 Å². The van der Waals surface area contributed by atoms with Gasteiger partial charge >= 0.3 is 5.97 Å². The summed E-state index contributed by atoms with van der Waals surface area (Å²) in [5, 5.41) is 3.72. The average molecular weight is 250 g/mol. The number of nitrogens with zero attached hydrogens (tertiary/aromatic N) is 1. The summed E-state index contributed by atoms with van der Waals surface area (Å²) in [4.78, 5) is 15.6. The van der Waals surface area contributed by atoms with Crippen LogP contribution in [0, 0.1) is 6.92 Å². The molecule has 0 aliphatic carbocycles. The van der Waals surface area contributed by atoms with E-state index in [1.165, 1.54) is 5.56 Å².